The molecule has 0 bridgehead atoms. The zero-order valence-electron chi connectivity index (χ0n) is 12.1. The Morgan fingerprint density at radius 1 is 1.14 bits per heavy atom. The highest BCUT2D eigenvalue weighted by Crippen LogP contribution is 2.30. The van der Waals surface area contributed by atoms with Crippen LogP contribution in [0.4, 0.5) is 5.69 Å². The van der Waals surface area contributed by atoms with Gasteiger partial charge in [0, 0.05) is 17.3 Å². The number of nitrogen functional groups attached to an aromatic ring is 1. The first kappa shape index (κ1) is 13.9. The van der Waals surface area contributed by atoms with Crippen molar-refractivity contribution in [2.75, 3.05) is 5.73 Å². The second-order valence-electron chi connectivity index (χ2n) is 5.17. The largest absolute Gasteiger partial charge is 0.431 e. The minimum Gasteiger partial charge on any atom is -0.431 e. The van der Waals surface area contributed by atoms with Gasteiger partial charge in [-0.25, -0.2) is 15.0 Å². The van der Waals surface area contributed by atoms with Crippen molar-refractivity contribution in [1.82, 2.24) is 15.0 Å². The van der Waals surface area contributed by atoms with Crippen LogP contribution in [0.2, 0.25) is 0 Å². The SMILES string of the molecule is Cc1cc(Sc2nc3cc(N)ccc3o2)nc(C(C)C)n1. The van der Waals surface area contributed by atoms with Gasteiger partial charge in [0.2, 0.25) is 0 Å². The molecule has 0 saturated carbocycles. The lowest BCUT2D eigenvalue weighted by molar-refractivity contribution is 0.489. The molecule has 2 N–H and O–H groups in total. The van der Waals surface area contributed by atoms with Crippen LogP contribution in [-0.4, -0.2) is 15.0 Å². The van der Waals surface area contributed by atoms with Crippen molar-refractivity contribution >= 4 is 28.5 Å². The van der Waals surface area contributed by atoms with E-state index in [0.717, 1.165) is 27.6 Å². The fourth-order valence-corrected chi connectivity index (χ4v) is 2.75. The lowest BCUT2D eigenvalue weighted by atomic mass is 10.2. The van der Waals surface area contributed by atoms with Crippen molar-refractivity contribution in [1.29, 1.82) is 0 Å². The molecule has 6 heteroatoms. The standard InChI is InChI=1S/C15H16N4OS/c1-8(2)14-17-9(3)6-13(19-14)21-15-18-11-7-10(16)4-5-12(11)20-15/h4-8H,16H2,1-3H3. The molecule has 0 amide bonds. The fraction of sp³-hybridized carbons (Fsp3) is 0.267. The van der Waals surface area contributed by atoms with E-state index in [1.807, 2.05) is 19.1 Å². The smallest absolute Gasteiger partial charge is 0.263 e. The second-order valence-corrected chi connectivity index (χ2v) is 6.14. The lowest BCUT2D eigenvalue weighted by Crippen LogP contribution is -2.00. The van der Waals surface area contributed by atoms with Crippen LogP contribution in [0.5, 0.6) is 0 Å². The third-order valence-corrected chi connectivity index (χ3v) is 3.72. The second kappa shape index (κ2) is 5.37. The highest BCUT2D eigenvalue weighted by Gasteiger charge is 2.11. The zero-order chi connectivity index (χ0) is 15.0. The van der Waals surface area contributed by atoms with E-state index in [4.69, 9.17) is 10.2 Å². The summed E-state index contributed by atoms with van der Waals surface area (Å²) in [6.45, 7) is 6.11. The van der Waals surface area contributed by atoms with E-state index in [9.17, 15) is 0 Å². The van der Waals surface area contributed by atoms with Crippen molar-refractivity contribution in [2.24, 2.45) is 0 Å². The summed E-state index contributed by atoms with van der Waals surface area (Å²) in [4.78, 5) is 13.4. The molecule has 0 unspecified atom stereocenters. The predicted molar refractivity (Wildman–Crippen MR) is 83.4 cm³/mol. The van der Waals surface area contributed by atoms with Crippen LogP contribution in [0.1, 0.15) is 31.3 Å². The lowest BCUT2D eigenvalue weighted by Gasteiger charge is -2.06. The molecule has 0 aliphatic rings. The Kier molecular flexibility index (Phi) is 3.55. The number of nitrogens with two attached hydrogens (primary N) is 1. The molecule has 2 aromatic heterocycles. The van der Waals surface area contributed by atoms with Gasteiger partial charge in [-0.3, -0.25) is 0 Å². The van der Waals surface area contributed by atoms with Gasteiger partial charge in [0.1, 0.15) is 16.4 Å². The van der Waals surface area contributed by atoms with Gasteiger partial charge in [0.15, 0.2) is 5.58 Å². The predicted octanol–water partition coefficient (Wildman–Crippen LogP) is 3.78. The summed E-state index contributed by atoms with van der Waals surface area (Å²) in [5, 5.41) is 1.40. The molecule has 0 aliphatic carbocycles. The van der Waals surface area contributed by atoms with Crippen molar-refractivity contribution in [3.05, 3.63) is 35.8 Å². The van der Waals surface area contributed by atoms with E-state index in [2.05, 4.69) is 28.8 Å². The van der Waals surface area contributed by atoms with Gasteiger partial charge in [0.05, 0.1) is 0 Å². The maximum absolute atomic E-state index is 5.75. The average molecular weight is 300 g/mol. The quantitative estimate of drug-likeness (QED) is 0.586. The van der Waals surface area contributed by atoms with Crippen LogP contribution in [0, 0.1) is 6.92 Å². The molecule has 0 radical (unpaired) electrons. The minimum atomic E-state index is 0.285. The van der Waals surface area contributed by atoms with Gasteiger partial charge >= 0.3 is 0 Å². The molecule has 2 heterocycles. The first-order chi connectivity index (χ1) is 10.0. The van der Waals surface area contributed by atoms with Gasteiger partial charge < -0.3 is 10.2 Å². The van der Waals surface area contributed by atoms with Crippen LogP contribution in [0.3, 0.4) is 0 Å². The van der Waals surface area contributed by atoms with Crippen LogP contribution < -0.4 is 5.73 Å². The number of anilines is 1. The third kappa shape index (κ3) is 3.00. The molecule has 21 heavy (non-hydrogen) atoms. The first-order valence-corrected chi connectivity index (χ1v) is 7.52. The van der Waals surface area contributed by atoms with Gasteiger partial charge in [-0.15, -0.1) is 0 Å². The maximum atomic E-state index is 5.75. The summed E-state index contributed by atoms with van der Waals surface area (Å²) in [5.74, 6) is 1.12. The number of aryl methyl sites for hydroxylation is 1. The van der Waals surface area contributed by atoms with Gasteiger partial charge in [-0.2, -0.15) is 0 Å². The van der Waals surface area contributed by atoms with E-state index in [0.29, 0.717) is 10.9 Å². The minimum absolute atomic E-state index is 0.285. The molecule has 1 aromatic carbocycles. The molecule has 0 saturated heterocycles. The summed E-state index contributed by atoms with van der Waals surface area (Å²) in [6, 6.07) is 7.35. The van der Waals surface area contributed by atoms with Gasteiger partial charge in [-0.1, -0.05) is 13.8 Å². The van der Waals surface area contributed by atoms with E-state index in [-0.39, 0.29) is 5.92 Å². The van der Waals surface area contributed by atoms with Crippen molar-refractivity contribution < 1.29 is 4.42 Å². The monoisotopic (exact) mass is 300 g/mol. The fourth-order valence-electron chi connectivity index (χ4n) is 1.93. The Hall–Kier alpha value is -2.08. The summed E-state index contributed by atoms with van der Waals surface area (Å²) < 4.78 is 5.70. The summed E-state index contributed by atoms with van der Waals surface area (Å²) in [6.07, 6.45) is 0. The number of aromatic nitrogens is 3. The molecular formula is C15H16N4OS. The average Bonchev–Trinajstić information content (AvgIpc) is 2.79. The number of hydrogen-bond acceptors (Lipinski definition) is 6. The zero-order valence-corrected chi connectivity index (χ0v) is 12.9. The molecule has 108 valence electrons. The molecule has 5 nitrogen and oxygen atoms in total. The molecule has 0 spiro atoms. The van der Waals surface area contributed by atoms with E-state index >= 15 is 0 Å². The normalized spacial score (nSPS) is 11.4. The molecule has 0 fully saturated rings. The molecule has 0 aliphatic heterocycles. The summed E-state index contributed by atoms with van der Waals surface area (Å²) in [5.41, 5.74) is 8.84. The number of benzene rings is 1. The van der Waals surface area contributed by atoms with Crippen LogP contribution >= 0.6 is 11.8 Å². The van der Waals surface area contributed by atoms with Crippen LogP contribution in [0.15, 0.2) is 38.9 Å². The molecule has 3 rings (SSSR count). The van der Waals surface area contributed by atoms with Crippen LogP contribution in [0.25, 0.3) is 11.1 Å². The number of nitrogens with zero attached hydrogens (tertiary/aromatic N) is 3. The number of hydrogen-bond donors (Lipinski definition) is 1. The Labute approximate surface area is 127 Å². The molecule has 0 atom stereocenters. The van der Waals surface area contributed by atoms with E-state index in [1.165, 1.54) is 11.8 Å². The van der Waals surface area contributed by atoms with Crippen LogP contribution in [-0.2, 0) is 0 Å². The summed E-state index contributed by atoms with van der Waals surface area (Å²) in [7, 11) is 0. The topological polar surface area (TPSA) is 77.8 Å². The van der Waals surface area contributed by atoms with E-state index in [1.54, 1.807) is 12.1 Å². The maximum Gasteiger partial charge on any atom is 0.263 e. The number of fused-ring (bicyclic) bond motifs is 1. The Morgan fingerprint density at radius 2 is 1.95 bits per heavy atom. The Morgan fingerprint density at radius 3 is 2.71 bits per heavy atom. The highest BCUT2D eigenvalue weighted by molar-refractivity contribution is 7.99. The first-order valence-electron chi connectivity index (χ1n) is 6.71. The summed E-state index contributed by atoms with van der Waals surface area (Å²) >= 11 is 1.40. The van der Waals surface area contributed by atoms with Crippen molar-refractivity contribution in [2.45, 2.75) is 36.9 Å². The molecular weight excluding hydrogens is 284 g/mol. The van der Waals surface area contributed by atoms with Crippen molar-refractivity contribution in [3.63, 3.8) is 0 Å². The van der Waals surface area contributed by atoms with Gasteiger partial charge in [-0.05, 0) is 43.0 Å². The Bertz CT molecular complexity index is 797. The third-order valence-electron chi connectivity index (χ3n) is 2.95. The van der Waals surface area contributed by atoms with Gasteiger partial charge in [0.25, 0.3) is 5.22 Å². The van der Waals surface area contributed by atoms with Crippen molar-refractivity contribution in [3.8, 4) is 0 Å². The number of oxazole rings is 1. The highest BCUT2D eigenvalue weighted by atomic mass is 32.2. The van der Waals surface area contributed by atoms with E-state index < -0.39 is 0 Å². The number of rotatable bonds is 3. The Balaban J connectivity index is 1.94. The molecule has 3 aromatic rings.